The Labute approximate surface area is 118 Å². The van der Waals surface area contributed by atoms with Gasteiger partial charge in [-0.2, -0.15) is 0 Å². The van der Waals surface area contributed by atoms with Crippen LogP contribution in [0.3, 0.4) is 0 Å². The lowest BCUT2D eigenvalue weighted by Gasteiger charge is -2.19. The van der Waals surface area contributed by atoms with Crippen LogP contribution in [0.4, 0.5) is 16.0 Å². The molecule has 3 N–H and O–H groups in total. The van der Waals surface area contributed by atoms with Crippen molar-refractivity contribution in [3.63, 3.8) is 0 Å². The van der Waals surface area contributed by atoms with E-state index in [-0.39, 0.29) is 17.8 Å². The van der Waals surface area contributed by atoms with E-state index in [0.29, 0.717) is 11.6 Å². The Morgan fingerprint density at radius 2 is 1.95 bits per heavy atom. The first-order valence-electron chi connectivity index (χ1n) is 6.61. The first-order valence-corrected chi connectivity index (χ1v) is 6.61. The molecule has 0 saturated heterocycles. The molecule has 0 aliphatic rings. The number of halogens is 1. The van der Waals surface area contributed by atoms with Crippen LogP contribution in [0, 0.1) is 5.82 Å². The summed E-state index contributed by atoms with van der Waals surface area (Å²) in [7, 11) is 0. The number of nitrogen functional groups attached to an aromatic ring is 1. The third kappa shape index (κ3) is 3.04. The van der Waals surface area contributed by atoms with Crippen LogP contribution in [0.15, 0.2) is 30.6 Å². The van der Waals surface area contributed by atoms with Gasteiger partial charge in [0.1, 0.15) is 23.8 Å². The second-order valence-corrected chi connectivity index (χ2v) is 5.10. The molecule has 1 heterocycles. The van der Waals surface area contributed by atoms with Gasteiger partial charge in [-0.05, 0) is 30.5 Å². The van der Waals surface area contributed by atoms with Gasteiger partial charge in [-0.1, -0.05) is 26.0 Å². The molecule has 1 atom stereocenters. The van der Waals surface area contributed by atoms with Gasteiger partial charge in [0.2, 0.25) is 0 Å². The fraction of sp³-hybridized carbons (Fsp3) is 0.333. The SMILES string of the molecule is CC(C)c1c(N)ncnc1NC(C)c1cccc(F)c1. The van der Waals surface area contributed by atoms with E-state index in [2.05, 4.69) is 15.3 Å². The van der Waals surface area contributed by atoms with Gasteiger partial charge in [-0.15, -0.1) is 0 Å². The number of rotatable bonds is 4. The molecule has 1 unspecified atom stereocenters. The summed E-state index contributed by atoms with van der Waals surface area (Å²) in [5.41, 5.74) is 7.65. The van der Waals surface area contributed by atoms with Crippen LogP contribution in [0.2, 0.25) is 0 Å². The van der Waals surface area contributed by atoms with E-state index in [0.717, 1.165) is 11.1 Å². The van der Waals surface area contributed by atoms with Crippen molar-refractivity contribution in [3.05, 3.63) is 47.5 Å². The lowest BCUT2D eigenvalue weighted by Crippen LogP contribution is -2.13. The minimum absolute atomic E-state index is 0.0718. The number of nitrogens with one attached hydrogen (secondary N) is 1. The molecular weight excluding hydrogens is 255 g/mol. The fourth-order valence-electron chi connectivity index (χ4n) is 2.16. The molecule has 106 valence electrons. The first-order chi connectivity index (χ1) is 9.49. The van der Waals surface area contributed by atoms with Crippen molar-refractivity contribution < 1.29 is 4.39 Å². The number of hydrogen-bond acceptors (Lipinski definition) is 4. The number of nitrogens with two attached hydrogens (primary N) is 1. The Bertz CT molecular complexity index is 598. The van der Waals surface area contributed by atoms with Crippen LogP contribution in [0.1, 0.15) is 43.9 Å². The fourth-order valence-corrected chi connectivity index (χ4v) is 2.16. The minimum atomic E-state index is -0.248. The standard InChI is InChI=1S/C15H19FN4/c1-9(2)13-14(17)18-8-19-15(13)20-10(3)11-5-4-6-12(16)7-11/h4-10H,1-3H3,(H3,17,18,19,20). The summed E-state index contributed by atoms with van der Waals surface area (Å²) in [6.07, 6.45) is 1.43. The molecule has 2 aromatic rings. The molecule has 0 radical (unpaired) electrons. The molecule has 20 heavy (non-hydrogen) atoms. The largest absolute Gasteiger partial charge is 0.383 e. The van der Waals surface area contributed by atoms with Crippen LogP contribution in [0.5, 0.6) is 0 Å². The summed E-state index contributed by atoms with van der Waals surface area (Å²) < 4.78 is 13.3. The van der Waals surface area contributed by atoms with Gasteiger partial charge in [0.25, 0.3) is 0 Å². The van der Waals surface area contributed by atoms with Gasteiger partial charge < -0.3 is 11.1 Å². The lowest BCUT2D eigenvalue weighted by molar-refractivity contribution is 0.623. The Balaban J connectivity index is 2.28. The normalized spacial score (nSPS) is 12.4. The average molecular weight is 274 g/mol. The zero-order chi connectivity index (χ0) is 14.7. The Hall–Kier alpha value is -2.17. The van der Waals surface area contributed by atoms with E-state index < -0.39 is 0 Å². The van der Waals surface area contributed by atoms with Crippen LogP contribution in [0.25, 0.3) is 0 Å². The molecule has 5 heteroatoms. The third-order valence-electron chi connectivity index (χ3n) is 3.19. The van der Waals surface area contributed by atoms with Crippen LogP contribution < -0.4 is 11.1 Å². The summed E-state index contributed by atoms with van der Waals surface area (Å²) >= 11 is 0. The number of anilines is 2. The number of benzene rings is 1. The van der Waals surface area contributed by atoms with Crippen molar-refractivity contribution in [2.45, 2.75) is 32.7 Å². The van der Waals surface area contributed by atoms with Gasteiger partial charge in [0.05, 0.1) is 6.04 Å². The molecule has 0 aliphatic heterocycles. The minimum Gasteiger partial charge on any atom is -0.383 e. The molecule has 1 aromatic carbocycles. The highest BCUT2D eigenvalue weighted by atomic mass is 19.1. The third-order valence-corrected chi connectivity index (χ3v) is 3.19. The van der Waals surface area contributed by atoms with Gasteiger partial charge in [0.15, 0.2) is 0 Å². The van der Waals surface area contributed by atoms with Crippen molar-refractivity contribution in [1.29, 1.82) is 0 Å². The number of hydrogen-bond donors (Lipinski definition) is 2. The van der Waals surface area contributed by atoms with E-state index in [9.17, 15) is 4.39 Å². The Morgan fingerprint density at radius 1 is 1.20 bits per heavy atom. The molecule has 1 aromatic heterocycles. The molecule has 0 aliphatic carbocycles. The molecule has 0 bridgehead atoms. The molecule has 0 fully saturated rings. The zero-order valence-corrected chi connectivity index (χ0v) is 11.9. The Morgan fingerprint density at radius 3 is 2.60 bits per heavy atom. The van der Waals surface area contributed by atoms with Crippen molar-refractivity contribution in [3.8, 4) is 0 Å². The maximum absolute atomic E-state index is 13.3. The van der Waals surface area contributed by atoms with Crippen molar-refractivity contribution in [2.75, 3.05) is 11.1 Å². The molecule has 2 rings (SSSR count). The molecule has 0 spiro atoms. The summed E-state index contributed by atoms with van der Waals surface area (Å²) in [4.78, 5) is 8.27. The summed E-state index contributed by atoms with van der Waals surface area (Å²) in [5, 5.41) is 3.28. The van der Waals surface area contributed by atoms with Gasteiger partial charge in [-0.3, -0.25) is 0 Å². The predicted molar refractivity (Wildman–Crippen MR) is 79.0 cm³/mol. The second kappa shape index (κ2) is 5.86. The van der Waals surface area contributed by atoms with Crippen LogP contribution in [-0.4, -0.2) is 9.97 Å². The maximum Gasteiger partial charge on any atom is 0.135 e. The molecule has 0 amide bonds. The quantitative estimate of drug-likeness (QED) is 0.895. The van der Waals surface area contributed by atoms with E-state index >= 15 is 0 Å². The molecule has 0 saturated carbocycles. The highest BCUT2D eigenvalue weighted by molar-refractivity contribution is 5.57. The lowest BCUT2D eigenvalue weighted by atomic mass is 10.0. The highest BCUT2D eigenvalue weighted by Gasteiger charge is 2.15. The zero-order valence-electron chi connectivity index (χ0n) is 11.9. The van der Waals surface area contributed by atoms with Gasteiger partial charge >= 0.3 is 0 Å². The number of aromatic nitrogens is 2. The second-order valence-electron chi connectivity index (χ2n) is 5.10. The molecule has 4 nitrogen and oxygen atoms in total. The first kappa shape index (κ1) is 14.2. The molecular formula is C15H19FN4. The smallest absolute Gasteiger partial charge is 0.135 e. The van der Waals surface area contributed by atoms with Crippen LogP contribution >= 0.6 is 0 Å². The van der Waals surface area contributed by atoms with Crippen molar-refractivity contribution in [1.82, 2.24) is 9.97 Å². The van der Waals surface area contributed by atoms with Crippen molar-refractivity contribution >= 4 is 11.6 Å². The maximum atomic E-state index is 13.3. The van der Waals surface area contributed by atoms with Crippen molar-refractivity contribution in [2.24, 2.45) is 0 Å². The van der Waals surface area contributed by atoms with E-state index in [4.69, 9.17) is 5.73 Å². The predicted octanol–water partition coefficient (Wildman–Crippen LogP) is 3.49. The highest BCUT2D eigenvalue weighted by Crippen LogP contribution is 2.29. The summed E-state index contributed by atoms with van der Waals surface area (Å²) in [6, 6.07) is 6.44. The summed E-state index contributed by atoms with van der Waals surface area (Å²) in [6.45, 7) is 6.03. The van der Waals surface area contributed by atoms with Gasteiger partial charge in [0, 0.05) is 5.56 Å². The monoisotopic (exact) mass is 274 g/mol. The Kier molecular flexibility index (Phi) is 4.17. The van der Waals surface area contributed by atoms with E-state index in [1.165, 1.54) is 18.5 Å². The van der Waals surface area contributed by atoms with E-state index in [1.807, 2.05) is 26.8 Å². The van der Waals surface area contributed by atoms with Crippen LogP contribution in [-0.2, 0) is 0 Å². The topological polar surface area (TPSA) is 63.8 Å². The van der Waals surface area contributed by atoms with E-state index in [1.54, 1.807) is 6.07 Å². The summed E-state index contributed by atoms with van der Waals surface area (Å²) in [5.74, 6) is 1.13. The van der Waals surface area contributed by atoms with Gasteiger partial charge in [-0.25, -0.2) is 14.4 Å². The average Bonchev–Trinajstić information content (AvgIpc) is 2.38. The number of nitrogens with zero attached hydrogens (tertiary/aromatic N) is 2.